The minimum Gasteiger partial charge on any atom is -0.426 e. The van der Waals surface area contributed by atoms with E-state index in [4.69, 9.17) is 18.9 Å². The Hall–Kier alpha value is -1.46. The van der Waals surface area contributed by atoms with Gasteiger partial charge in [-0.25, -0.2) is 9.59 Å². The highest BCUT2D eigenvalue weighted by molar-refractivity contribution is 5.69. The van der Waals surface area contributed by atoms with Crippen LogP contribution in [0, 0.1) is 0 Å². The van der Waals surface area contributed by atoms with Crippen LogP contribution in [0.1, 0.15) is 59.3 Å². The van der Waals surface area contributed by atoms with Crippen molar-refractivity contribution >= 4 is 12.3 Å². The molecule has 2 heterocycles. The number of hydrogen-bond acceptors (Lipinski definition) is 6. The van der Waals surface area contributed by atoms with Crippen LogP contribution >= 0.6 is 0 Å². The third kappa shape index (κ3) is 2.11. The number of carbonyl (C=O) groups excluding carboxylic acids is 2. The van der Waals surface area contributed by atoms with E-state index in [0.29, 0.717) is 25.7 Å². The smallest absolute Gasteiger partial charge is 0.426 e. The maximum Gasteiger partial charge on any atom is 0.512 e. The van der Waals surface area contributed by atoms with E-state index in [1.54, 1.807) is 0 Å². The van der Waals surface area contributed by atoms with Crippen molar-refractivity contribution in [1.29, 1.82) is 0 Å². The van der Waals surface area contributed by atoms with Crippen molar-refractivity contribution in [3.8, 4) is 0 Å². The summed E-state index contributed by atoms with van der Waals surface area (Å²) in [6, 6.07) is 0. The molecule has 0 aromatic rings. The Morgan fingerprint density at radius 3 is 2.15 bits per heavy atom. The third-order valence-corrected chi connectivity index (χ3v) is 3.92. The van der Waals surface area contributed by atoms with Gasteiger partial charge in [0, 0.05) is 6.42 Å². The zero-order valence-electron chi connectivity index (χ0n) is 12.3. The average Bonchev–Trinajstić information content (AvgIpc) is 2.63. The fraction of sp³-hybridized carbons (Fsp3) is 0.857. The van der Waals surface area contributed by atoms with Gasteiger partial charge in [0.2, 0.25) is 5.60 Å². The highest BCUT2D eigenvalue weighted by Gasteiger charge is 2.72. The Labute approximate surface area is 118 Å². The van der Waals surface area contributed by atoms with Crippen molar-refractivity contribution in [3.05, 3.63) is 0 Å². The Kier molecular flexibility index (Phi) is 4.11. The molecule has 2 aliphatic heterocycles. The highest BCUT2D eigenvalue weighted by atomic mass is 16.9. The van der Waals surface area contributed by atoms with Crippen LogP contribution in [0.4, 0.5) is 9.59 Å². The van der Waals surface area contributed by atoms with Gasteiger partial charge >= 0.3 is 18.1 Å². The molecule has 2 rings (SSSR count). The topological polar surface area (TPSA) is 71.1 Å². The maximum absolute atomic E-state index is 11.7. The van der Waals surface area contributed by atoms with Gasteiger partial charge in [-0.15, -0.1) is 0 Å². The van der Waals surface area contributed by atoms with Crippen molar-refractivity contribution in [1.82, 2.24) is 0 Å². The van der Waals surface area contributed by atoms with Crippen molar-refractivity contribution in [2.75, 3.05) is 0 Å². The van der Waals surface area contributed by atoms with Crippen LogP contribution < -0.4 is 0 Å². The summed E-state index contributed by atoms with van der Waals surface area (Å²) in [7, 11) is 0. The lowest BCUT2D eigenvalue weighted by Crippen LogP contribution is -2.65. The first-order valence-electron chi connectivity index (χ1n) is 7.35. The number of fused-ring (bicyclic) bond motifs is 1. The van der Waals surface area contributed by atoms with Gasteiger partial charge in [-0.1, -0.05) is 33.6 Å². The molecule has 20 heavy (non-hydrogen) atoms. The Bertz CT molecular complexity index is 393. The van der Waals surface area contributed by atoms with Gasteiger partial charge in [-0.3, -0.25) is 0 Å². The van der Waals surface area contributed by atoms with E-state index < -0.39 is 29.8 Å². The van der Waals surface area contributed by atoms with Crippen LogP contribution in [-0.4, -0.2) is 29.8 Å². The second kappa shape index (κ2) is 5.50. The quantitative estimate of drug-likeness (QED) is 0.696. The normalized spacial score (nSPS) is 35.6. The zero-order chi connectivity index (χ0) is 14.8. The molecular formula is C14H22O6. The molecule has 114 valence electrons. The summed E-state index contributed by atoms with van der Waals surface area (Å²) in [5.41, 5.74) is -1.03. The average molecular weight is 286 g/mol. The first kappa shape index (κ1) is 14.9. The first-order chi connectivity index (χ1) is 9.53. The van der Waals surface area contributed by atoms with Crippen molar-refractivity contribution in [3.63, 3.8) is 0 Å². The monoisotopic (exact) mass is 286 g/mol. The van der Waals surface area contributed by atoms with Gasteiger partial charge in [0.15, 0.2) is 6.10 Å². The van der Waals surface area contributed by atoms with Crippen molar-refractivity contribution in [2.45, 2.75) is 76.8 Å². The van der Waals surface area contributed by atoms with E-state index in [0.717, 1.165) is 12.8 Å². The van der Waals surface area contributed by atoms with Crippen LogP contribution in [0.25, 0.3) is 0 Å². The number of rotatable bonds is 6. The molecule has 6 heteroatoms. The molecule has 0 radical (unpaired) electrons. The van der Waals surface area contributed by atoms with Gasteiger partial charge in [0.05, 0.1) is 0 Å². The summed E-state index contributed by atoms with van der Waals surface area (Å²) in [5.74, 6) is -1.34. The fourth-order valence-electron chi connectivity index (χ4n) is 3.23. The lowest BCUT2D eigenvalue weighted by molar-refractivity contribution is -0.285. The van der Waals surface area contributed by atoms with E-state index >= 15 is 0 Å². The molecule has 0 saturated carbocycles. The second-order valence-corrected chi connectivity index (χ2v) is 5.34. The molecule has 3 atom stereocenters. The molecule has 2 aliphatic rings. The van der Waals surface area contributed by atoms with Crippen LogP contribution in [0.15, 0.2) is 0 Å². The summed E-state index contributed by atoms with van der Waals surface area (Å²) >= 11 is 0. The minimum absolute atomic E-state index is 0.411. The van der Waals surface area contributed by atoms with Gasteiger partial charge in [-0.2, -0.15) is 0 Å². The third-order valence-electron chi connectivity index (χ3n) is 3.92. The molecule has 2 fully saturated rings. The van der Waals surface area contributed by atoms with E-state index in [-0.39, 0.29) is 0 Å². The number of cyclic esters (lactones) is 1. The predicted molar refractivity (Wildman–Crippen MR) is 69.1 cm³/mol. The standard InChI is InChI=1S/C14H22O6/c1-4-7-10-13(8-5-2)14(9-6-3,19-11(15)17-10)20-12(16)18-13/h10H,4-9H2,1-3H3. The summed E-state index contributed by atoms with van der Waals surface area (Å²) in [4.78, 5) is 23.5. The van der Waals surface area contributed by atoms with Gasteiger partial charge in [0.25, 0.3) is 0 Å². The molecule has 0 aromatic heterocycles. The minimum atomic E-state index is -1.34. The Morgan fingerprint density at radius 2 is 1.55 bits per heavy atom. The zero-order valence-corrected chi connectivity index (χ0v) is 12.3. The highest BCUT2D eigenvalue weighted by Crippen LogP contribution is 2.51. The molecular weight excluding hydrogens is 264 g/mol. The largest absolute Gasteiger partial charge is 0.512 e. The fourth-order valence-corrected chi connectivity index (χ4v) is 3.23. The summed E-state index contributed by atoms with van der Waals surface area (Å²) in [6.07, 6.45) is 1.74. The SMILES string of the molecule is CCCC1OC(=O)OC2(CCC)OC(=O)OC12CCC. The number of carbonyl (C=O) groups is 2. The molecule has 0 N–H and O–H groups in total. The first-order valence-corrected chi connectivity index (χ1v) is 7.35. The summed E-state index contributed by atoms with van der Waals surface area (Å²) in [6.45, 7) is 5.91. The Balaban J connectivity index is 2.45. The molecule has 3 unspecified atom stereocenters. The van der Waals surface area contributed by atoms with Gasteiger partial charge < -0.3 is 18.9 Å². The predicted octanol–water partition coefficient (Wildman–Crippen LogP) is 3.52. The van der Waals surface area contributed by atoms with Crippen LogP contribution in [0.2, 0.25) is 0 Å². The molecule has 0 spiro atoms. The number of hydrogen-bond donors (Lipinski definition) is 0. The molecule has 0 aliphatic carbocycles. The summed E-state index contributed by atoms with van der Waals surface area (Å²) < 4.78 is 21.4. The lowest BCUT2D eigenvalue weighted by atomic mass is 9.78. The van der Waals surface area contributed by atoms with Gasteiger partial charge in [0.1, 0.15) is 0 Å². The lowest BCUT2D eigenvalue weighted by Gasteiger charge is -2.46. The molecule has 0 bridgehead atoms. The second-order valence-electron chi connectivity index (χ2n) is 5.34. The van der Waals surface area contributed by atoms with Crippen molar-refractivity contribution < 1.29 is 28.5 Å². The van der Waals surface area contributed by atoms with Crippen LogP contribution in [0.5, 0.6) is 0 Å². The number of ether oxygens (including phenoxy) is 4. The molecule has 0 aromatic carbocycles. The van der Waals surface area contributed by atoms with E-state index in [2.05, 4.69) is 0 Å². The van der Waals surface area contributed by atoms with Gasteiger partial charge in [-0.05, 0) is 19.3 Å². The summed E-state index contributed by atoms with van der Waals surface area (Å²) in [5, 5.41) is 0. The van der Waals surface area contributed by atoms with Crippen LogP contribution in [0.3, 0.4) is 0 Å². The van der Waals surface area contributed by atoms with Crippen LogP contribution in [-0.2, 0) is 18.9 Å². The van der Waals surface area contributed by atoms with E-state index in [1.165, 1.54) is 0 Å². The Morgan fingerprint density at radius 1 is 0.900 bits per heavy atom. The molecule has 2 saturated heterocycles. The maximum atomic E-state index is 11.7. The molecule has 0 amide bonds. The van der Waals surface area contributed by atoms with E-state index in [1.807, 2.05) is 20.8 Å². The van der Waals surface area contributed by atoms with E-state index in [9.17, 15) is 9.59 Å². The molecule has 6 nitrogen and oxygen atoms in total. The van der Waals surface area contributed by atoms with Crippen molar-refractivity contribution in [2.24, 2.45) is 0 Å².